The van der Waals surface area contributed by atoms with E-state index in [1.165, 1.54) is 4.90 Å². The van der Waals surface area contributed by atoms with Gasteiger partial charge in [-0.2, -0.15) is 0 Å². The van der Waals surface area contributed by atoms with Gasteiger partial charge in [-0.25, -0.2) is 4.90 Å². The fraction of sp³-hybridized carbons (Fsp3) is 0.360. The van der Waals surface area contributed by atoms with Gasteiger partial charge in [-0.3, -0.25) is 14.5 Å². The number of anilines is 1. The van der Waals surface area contributed by atoms with Crippen molar-refractivity contribution in [3.05, 3.63) is 64.9 Å². The second-order valence-corrected chi connectivity index (χ2v) is 8.24. The Bertz CT molecular complexity index is 1070. The second-order valence-electron chi connectivity index (χ2n) is 8.24. The third-order valence-electron chi connectivity index (χ3n) is 6.13. The first kappa shape index (κ1) is 22.0. The number of aliphatic hydroxyl groups is 1. The molecule has 1 fully saturated rings. The maximum Gasteiger partial charge on any atom is 0.282 e. The molecule has 0 spiro atoms. The Balaban J connectivity index is 1.78. The molecule has 0 atom stereocenters. The first-order valence-corrected chi connectivity index (χ1v) is 10.9. The van der Waals surface area contributed by atoms with Gasteiger partial charge in [0.15, 0.2) is 0 Å². The van der Waals surface area contributed by atoms with Crippen LogP contribution in [0.15, 0.2) is 48.2 Å². The summed E-state index contributed by atoms with van der Waals surface area (Å²) in [5.74, 6) is -0.0425. The number of amides is 2. The lowest BCUT2D eigenvalue weighted by Crippen LogP contribution is -2.48. The van der Waals surface area contributed by atoms with E-state index >= 15 is 0 Å². The highest BCUT2D eigenvalue weighted by atomic mass is 16.5. The number of aryl methyl sites for hydroxylation is 2. The smallest absolute Gasteiger partial charge is 0.282 e. The maximum absolute atomic E-state index is 13.7. The summed E-state index contributed by atoms with van der Waals surface area (Å²) in [4.78, 5) is 32.8. The molecule has 32 heavy (non-hydrogen) atoms. The molecule has 0 radical (unpaired) electrons. The minimum Gasteiger partial charge on any atom is -0.497 e. The molecule has 0 aromatic heterocycles. The molecule has 2 aliphatic rings. The van der Waals surface area contributed by atoms with Gasteiger partial charge >= 0.3 is 0 Å². The van der Waals surface area contributed by atoms with Crippen LogP contribution < -0.4 is 9.64 Å². The largest absolute Gasteiger partial charge is 0.497 e. The average molecular weight is 436 g/mol. The second kappa shape index (κ2) is 9.14. The lowest BCUT2D eigenvalue weighted by atomic mass is 9.97. The Labute approximate surface area is 188 Å². The third kappa shape index (κ3) is 4.01. The molecular formula is C25H29N3O4. The van der Waals surface area contributed by atoms with Gasteiger partial charge < -0.3 is 14.7 Å². The Kier molecular flexibility index (Phi) is 6.30. The number of imide groups is 1. The molecule has 2 aromatic rings. The van der Waals surface area contributed by atoms with Crippen LogP contribution in [0.25, 0.3) is 5.57 Å². The Hall–Kier alpha value is -3.16. The number of rotatable bonds is 6. The fourth-order valence-corrected chi connectivity index (χ4v) is 4.47. The van der Waals surface area contributed by atoms with E-state index in [0.717, 1.165) is 29.8 Å². The van der Waals surface area contributed by atoms with Gasteiger partial charge in [0.05, 0.1) is 25.0 Å². The minimum atomic E-state index is -0.317. The fourth-order valence-electron chi connectivity index (χ4n) is 4.47. The van der Waals surface area contributed by atoms with Crippen LogP contribution in [0.5, 0.6) is 5.75 Å². The van der Waals surface area contributed by atoms with Gasteiger partial charge in [0.25, 0.3) is 11.8 Å². The molecule has 0 bridgehead atoms. The van der Waals surface area contributed by atoms with Crippen molar-refractivity contribution in [1.82, 2.24) is 9.80 Å². The minimum absolute atomic E-state index is 0.109. The Morgan fingerprint density at radius 3 is 2.38 bits per heavy atom. The normalized spacial score (nSPS) is 17.5. The Morgan fingerprint density at radius 1 is 0.969 bits per heavy atom. The first-order chi connectivity index (χ1) is 15.4. The van der Waals surface area contributed by atoms with Crippen molar-refractivity contribution in [3.8, 4) is 5.75 Å². The summed E-state index contributed by atoms with van der Waals surface area (Å²) < 4.78 is 5.31. The molecule has 0 saturated carbocycles. The monoisotopic (exact) mass is 435 g/mol. The Morgan fingerprint density at radius 2 is 1.72 bits per heavy atom. The highest BCUT2D eigenvalue weighted by molar-refractivity contribution is 6.45. The summed E-state index contributed by atoms with van der Waals surface area (Å²) in [5.41, 5.74) is 4.25. The van der Waals surface area contributed by atoms with Crippen LogP contribution in [-0.2, 0) is 9.59 Å². The molecular weight excluding hydrogens is 406 g/mol. The molecule has 2 heterocycles. The van der Waals surface area contributed by atoms with Gasteiger partial charge in [0.2, 0.25) is 0 Å². The van der Waals surface area contributed by atoms with Crippen molar-refractivity contribution in [2.24, 2.45) is 0 Å². The number of benzene rings is 2. The zero-order chi connectivity index (χ0) is 22.8. The van der Waals surface area contributed by atoms with E-state index < -0.39 is 0 Å². The molecule has 2 aliphatic heterocycles. The van der Waals surface area contributed by atoms with Crippen LogP contribution in [-0.4, -0.2) is 73.2 Å². The molecule has 2 amide bonds. The molecule has 2 aromatic carbocycles. The predicted molar refractivity (Wildman–Crippen MR) is 123 cm³/mol. The third-order valence-corrected chi connectivity index (χ3v) is 6.13. The van der Waals surface area contributed by atoms with Crippen molar-refractivity contribution in [2.45, 2.75) is 13.8 Å². The molecule has 168 valence electrons. The summed E-state index contributed by atoms with van der Waals surface area (Å²) in [6.07, 6.45) is 0. The molecule has 1 saturated heterocycles. The van der Waals surface area contributed by atoms with Crippen LogP contribution in [0, 0.1) is 13.8 Å². The number of nitrogens with zero attached hydrogens (tertiary/aromatic N) is 3. The SMILES string of the molecule is COc1cccc(N2C(=O)C(c3ccc(C)cc3C)=C(N3CCN(CCO)CC3)C2=O)c1. The number of aliphatic hydroxyl groups excluding tert-OH is 1. The van der Waals surface area contributed by atoms with Gasteiger partial charge in [0, 0.05) is 38.8 Å². The number of piperazine rings is 1. The van der Waals surface area contributed by atoms with E-state index in [1.54, 1.807) is 31.4 Å². The number of hydrogen-bond acceptors (Lipinski definition) is 6. The van der Waals surface area contributed by atoms with Crippen molar-refractivity contribution in [3.63, 3.8) is 0 Å². The van der Waals surface area contributed by atoms with Crippen molar-refractivity contribution < 1.29 is 19.4 Å². The van der Waals surface area contributed by atoms with Gasteiger partial charge in [-0.15, -0.1) is 0 Å². The number of ether oxygens (including phenoxy) is 1. The van der Waals surface area contributed by atoms with Crippen LogP contribution in [0.2, 0.25) is 0 Å². The lowest BCUT2D eigenvalue weighted by molar-refractivity contribution is -0.120. The summed E-state index contributed by atoms with van der Waals surface area (Å²) in [6.45, 7) is 7.39. The van der Waals surface area contributed by atoms with Crippen molar-refractivity contribution in [1.29, 1.82) is 0 Å². The zero-order valence-electron chi connectivity index (χ0n) is 18.8. The molecule has 7 heteroatoms. The molecule has 7 nitrogen and oxygen atoms in total. The lowest BCUT2D eigenvalue weighted by Gasteiger charge is -2.36. The number of β-amino-alcohol motifs (C(OH)–C–C–N with tert-alkyl or cyclic N) is 1. The van der Waals surface area contributed by atoms with Crippen LogP contribution >= 0.6 is 0 Å². The first-order valence-electron chi connectivity index (χ1n) is 10.9. The van der Waals surface area contributed by atoms with E-state index in [2.05, 4.69) is 4.90 Å². The summed E-state index contributed by atoms with van der Waals surface area (Å²) in [6, 6.07) is 13.0. The number of carbonyl (C=O) groups excluding carboxylic acids is 2. The number of methoxy groups -OCH3 is 1. The topological polar surface area (TPSA) is 73.3 Å². The quantitative estimate of drug-likeness (QED) is 0.702. The summed E-state index contributed by atoms with van der Waals surface area (Å²) in [7, 11) is 1.56. The van der Waals surface area contributed by atoms with E-state index in [1.807, 2.05) is 36.9 Å². The van der Waals surface area contributed by atoms with Crippen LogP contribution in [0.4, 0.5) is 5.69 Å². The number of hydrogen-bond donors (Lipinski definition) is 1. The summed E-state index contributed by atoms with van der Waals surface area (Å²) in [5, 5.41) is 9.24. The van der Waals surface area contributed by atoms with Gasteiger partial charge in [-0.05, 0) is 37.1 Å². The maximum atomic E-state index is 13.7. The van der Waals surface area contributed by atoms with Crippen LogP contribution in [0.1, 0.15) is 16.7 Å². The highest BCUT2D eigenvalue weighted by Gasteiger charge is 2.43. The van der Waals surface area contributed by atoms with E-state index in [9.17, 15) is 14.7 Å². The van der Waals surface area contributed by atoms with E-state index in [0.29, 0.717) is 42.3 Å². The van der Waals surface area contributed by atoms with Crippen LogP contribution in [0.3, 0.4) is 0 Å². The molecule has 4 rings (SSSR count). The van der Waals surface area contributed by atoms with Gasteiger partial charge in [0.1, 0.15) is 11.4 Å². The van der Waals surface area contributed by atoms with E-state index in [-0.39, 0.29) is 18.4 Å². The van der Waals surface area contributed by atoms with Crippen molar-refractivity contribution in [2.75, 3.05) is 51.3 Å². The van der Waals surface area contributed by atoms with Crippen molar-refractivity contribution >= 4 is 23.1 Å². The molecule has 1 N–H and O–H groups in total. The molecule has 0 aliphatic carbocycles. The zero-order valence-corrected chi connectivity index (χ0v) is 18.8. The number of carbonyl (C=O) groups is 2. The van der Waals surface area contributed by atoms with E-state index in [4.69, 9.17) is 4.74 Å². The highest BCUT2D eigenvalue weighted by Crippen LogP contribution is 2.37. The van der Waals surface area contributed by atoms with Gasteiger partial charge in [-0.1, -0.05) is 29.8 Å². The average Bonchev–Trinajstić information content (AvgIpc) is 3.04. The standard InChI is InChI=1S/C25H29N3O4/c1-17-7-8-21(18(2)15-17)22-23(27-11-9-26(10-12-27)13-14-29)25(31)28(24(22)30)19-5-4-6-20(16-19)32-3/h4-8,15-16,29H,9-14H2,1-3H3. The summed E-state index contributed by atoms with van der Waals surface area (Å²) >= 11 is 0. The predicted octanol–water partition coefficient (Wildman–Crippen LogP) is 2.21. The molecule has 0 unspecified atom stereocenters.